The van der Waals surface area contributed by atoms with Crippen molar-refractivity contribution in [1.82, 2.24) is 10.6 Å². The Kier molecular flexibility index (Phi) is 4.95. The zero-order valence-corrected chi connectivity index (χ0v) is 11.4. The van der Waals surface area contributed by atoms with E-state index in [1.807, 2.05) is 0 Å². The number of amides is 1. The Hall–Kier alpha value is -0.610. The van der Waals surface area contributed by atoms with Crippen LogP contribution in [0.25, 0.3) is 0 Å². The van der Waals surface area contributed by atoms with Gasteiger partial charge in [-0.2, -0.15) is 0 Å². The highest BCUT2D eigenvalue weighted by Crippen LogP contribution is 2.17. The van der Waals surface area contributed by atoms with Gasteiger partial charge in [-0.1, -0.05) is 20.8 Å². The van der Waals surface area contributed by atoms with E-state index < -0.39 is 5.60 Å². The second-order valence-electron chi connectivity index (χ2n) is 6.01. The van der Waals surface area contributed by atoms with Crippen LogP contribution in [-0.2, 0) is 4.79 Å². The Morgan fingerprint density at radius 3 is 2.71 bits per heavy atom. The Morgan fingerprint density at radius 1 is 1.59 bits per heavy atom. The van der Waals surface area contributed by atoms with Gasteiger partial charge in [0.2, 0.25) is 5.91 Å². The Bertz CT molecular complexity index is 264. The van der Waals surface area contributed by atoms with Crippen molar-refractivity contribution in [2.45, 2.75) is 52.2 Å². The first-order valence-corrected chi connectivity index (χ1v) is 6.55. The van der Waals surface area contributed by atoms with Gasteiger partial charge < -0.3 is 15.7 Å². The third kappa shape index (κ3) is 4.64. The van der Waals surface area contributed by atoms with Gasteiger partial charge in [0.15, 0.2) is 0 Å². The van der Waals surface area contributed by atoms with E-state index in [1.165, 1.54) is 0 Å². The Balaban J connectivity index is 2.37. The lowest BCUT2D eigenvalue weighted by Gasteiger charge is -2.26. The summed E-state index contributed by atoms with van der Waals surface area (Å²) in [4.78, 5) is 11.9. The lowest BCUT2D eigenvalue weighted by molar-refractivity contribution is -0.124. The van der Waals surface area contributed by atoms with Crippen molar-refractivity contribution < 1.29 is 9.90 Å². The monoisotopic (exact) mass is 242 g/mol. The third-order valence-corrected chi connectivity index (χ3v) is 3.31. The number of rotatable bonds is 5. The summed E-state index contributed by atoms with van der Waals surface area (Å²) in [5.41, 5.74) is -0.814. The summed E-state index contributed by atoms with van der Waals surface area (Å²) < 4.78 is 0. The molecule has 0 aliphatic carbocycles. The second kappa shape index (κ2) is 5.83. The molecule has 0 bridgehead atoms. The highest BCUT2D eigenvalue weighted by molar-refractivity contribution is 5.82. The molecule has 3 atom stereocenters. The van der Waals surface area contributed by atoms with Crippen LogP contribution in [0.2, 0.25) is 0 Å². The Morgan fingerprint density at radius 2 is 2.24 bits per heavy atom. The summed E-state index contributed by atoms with van der Waals surface area (Å²) in [6, 6.07) is -0.0927. The van der Waals surface area contributed by atoms with Gasteiger partial charge >= 0.3 is 0 Å². The van der Waals surface area contributed by atoms with Crippen molar-refractivity contribution in [1.29, 1.82) is 0 Å². The first kappa shape index (κ1) is 14.5. The maximum absolute atomic E-state index is 11.9. The van der Waals surface area contributed by atoms with Gasteiger partial charge in [0, 0.05) is 6.54 Å². The predicted octanol–water partition coefficient (Wildman–Crippen LogP) is 0.898. The summed E-state index contributed by atoms with van der Waals surface area (Å²) in [6.07, 6.45) is 1.74. The van der Waals surface area contributed by atoms with Gasteiger partial charge in [0.25, 0.3) is 0 Å². The topological polar surface area (TPSA) is 61.4 Å². The Labute approximate surface area is 104 Å². The second-order valence-corrected chi connectivity index (χ2v) is 6.01. The highest BCUT2D eigenvalue weighted by Gasteiger charge is 2.30. The molecule has 1 rings (SSSR count). The van der Waals surface area contributed by atoms with Crippen LogP contribution in [-0.4, -0.2) is 35.7 Å². The quantitative estimate of drug-likeness (QED) is 0.671. The molecule has 0 saturated carbocycles. The fraction of sp³-hybridized carbons (Fsp3) is 0.923. The molecule has 1 amide bonds. The van der Waals surface area contributed by atoms with Gasteiger partial charge in [-0.3, -0.25) is 4.79 Å². The average Bonchev–Trinajstić information content (AvgIpc) is 2.59. The molecule has 0 aromatic heterocycles. The third-order valence-electron chi connectivity index (χ3n) is 3.31. The summed E-state index contributed by atoms with van der Waals surface area (Å²) >= 11 is 0. The molecule has 1 fully saturated rings. The van der Waals surface area contributed by atoms with Crippen LogP contribution in [0, 0.1) is 11.8 Å². The molecule has 100 valence electrons. The number of carbonyl (C=O) groups excluding carboxylic acids is 1. The van der Waals surface area contributed by atoms with Crippen LogP contribution >= 0.6 is 0 Å². The van der Waals surface area contributed by atoms with Crippen molar-refractivity contribution in [3.05, 3.63) is 0 Å². The van der Waals surface area contributed by atoms with Gasteiger partial charge in [0.05, 0.1) is 11.6 Å². The van der Waals surface area contributed by atoms with Gasteiger partial charge in [-0.05, 0) is 38.1 Å². The smallest absolute Gasteiger partial charge is 0.237 e. The lowest BCUT2D eigenvalue weighted by Crippen LogP contribution is -2.48. The summed E-state index contributed by atoms with van der Waals surface area (Å²) in [7, 11) is 0. The van der Waals surface area contributed by atoms with E-state index in [0.29, 0.717) is 24.8 Å². The van der Waals surface area contributed by atoms with E-state index in [4.69, 9.17) is 0 Å². The predicted molar refractivity (Wildman–Crippen MR) is 68.7 cm³/mol. The zero-order valence-electron chi connectivity index (χ0n) is 11.4. The molecule has 1 aliphatic heterocycles. The average molecular weight is 242 g/mol. The zero-order chi connectivity index (χ0) is 13.1. The molecule has 17 heavy (non-hydrogen) atoms. The fourth-order valence-corrected chi connectivity index (χ4v) is 2.52. The van der Waals surface area contributed by atoms with Gasteiger partial charge in [-0.15, -0.1) is 0 Å². The van der Waals surface area contributed by atoms with E-state index in [2.05, 4.69) is 31.4 Å². The summed E-state index contributed by atoms with van der Waals surface area (Å²) in [6.45, 7) is 9.22. The molecule has 1 heterocycles. The van der Waals surface area contributed by atoms with Crippen LogP contribution in [0.3, 0.4) is 0 Å². The van der Waals surface area contributed by atoms with Crippen LogP contribution in [0.15, 0.2) is 0 Å². The van der Waals surface area contributed by atoms with E-state index in [-0.39, 0.29) is 11.9 Å². The van der Waals surface area contributed by atoms with E-state index in [9.17, 15) is 9.90 Å². The van der Waals surface area contributed by atoms with E-state index in [1.54, 1.807) is 6.92 Å². The van der Waals surface area contributed by atoms with Gasteiger partial charge in [0.1, 0.15) is 0 Å². The first-order chi connectivity index (χ1) is 7.82. The molecule has 1 aliphatic rings. The maximum atomic E-state index is 11.9. The molecule has 4 heteroatoms. The largest absolute Gasteiger partial charge is 0.388 e. The fourth-order valence-electron chi connectivity index (χ4n) is 2.52. The summed E-state index contributed by atoms with van der Waals surface area (Å²) in [5.74, 6) is 0.814. The maximum Gasteiger partial charge on any atom is 0.237 e. The van der Waals surface area contributed by atoms with Crippen LogP contribution in [0.1, 0.15) is 40.5 Å². The van der Waals surface area contributed by atoms with Crippen molar-refractivity contribution >= 4 is 5.91 Å². The molecule has 3 N–H and O–H groups in total. The minimum atomic E-state index is -0.814. The van der Waals surface area contributed by atoms with Crippen molar-refractivity contribution in [2.24, 2.45) is 11.8 Å². The van der Waals surface area contributed by atoms with Crippen LogP contribution in [0.4, 0.5) is 0 Å². The van der Waals surface area contributed by atoms with E-state index in [0.717, 1.165) is 13.0 Å². The number of aliphatic hydroxyl groups is 1. The van der Waals surface area contributed by atoms with Crippen LogP contribution in [0.5, 0.6) is 0 Å². The van der Waals surface area contributed by atoms with Crippen LogP contribution < -0.4 is 10.6 Å². The SMILES string of the molecule is CC(C)CC(C)(O)CNC(=O)C1NCCC1C. The molecule has 1 saturated heterocycles. The highest BCUT2D eigenvalue weighted by atomic mass is 16.3. The molecule has 0 aromatic carbocycles. The van der Waals surface area contributed by atoms with E-state index >= 15 is 0 Å². The van der Waals surface area contributed by atoms with Crippen molar-refractivity contribution in [2.75, 3.05) is 13.1 Å². The molecule has 0 aromatic rings. The summed E-state index contributed by atoms with van der Waals surface area (Å²) in [5, 5.41) is 16.1. The molecule has 0 spiro atoms. The number of nitrogens with one attached hydrogen (secondary N) is 2. The van der Waals surface area contributed by atoms with Crippen molar-refractivity contribution in [3.63, 3.8) is 0 Å². The number of hydrogen-bond donors (Lipinski definition) is 3. The normalized spacial score (nSPS) is 28.1. The first-order valence-electron chi connectivity index (χ1n) is 6.55. The number of hydrogen-bond acceptors (Lipinski definition) is 3. The van der Waals surface area contributed by atoms with Crippen molar-refractivity contribution in [3.8, 4) is 0 Å². The standard InChI is InChI=1S/C13H26N2O2/c1-9(2)7-13(4,17)8-15-12(16)11-10(3)5-6-14-11/h9-11,14,17H,5-8H2,1-4H3,(H,15,16). The molecule has 0 radical (unpaired) electrons. The minimum Gasteiger partial charge on any atom is -0.388 e. The molecular weight excluding hydrogens is 216 g/mol. The lowest BCUT2D eigenvalue weighted by atomic mass is 9.94. The minimum absolute atomic E-state index is 0.0130. The number of carbonyl (C=O) groups is 1. The van der Waals surface area contributed by atoms with Gasteiger partial charge in [-0.25, -0.2) is 0 Å². The molecule has 3 unspecified atom stereocenters. The molecular formula is C13H26N2O2. The molecule has 4 nitrogen and oxygen atoms in total.